The first-order valence-electron chi connectivity index (χ1n) is 11.4. The molecule has 34 heavy (non-hydrogen) atoms. The highest BCUT2D eigenvalue weighted by Gasteiger charge is 2.30. The lowest BCUT2D eigenvalue weighted by molar-refractivity contribution is 0.298. The normalized spacial score (nSPS) is 12.0. The Bertz CT molecular complexity index is 1560. The summed E-state index contributed by atoms with van der Waals surface area (Å²) in [6.07, 6.45) is 0. The summed E-state index contributed by atoms with van der Waals surface area (Å²) in [5, 5.41) is 2.11. The van der Waals surface area contributed by atoms with E-state index in [-0.39, 0.29) is 5.63 Å². The summed E-state index contributed by atoms with van der Waals surface area (Å²) in [6, 6.07) is 32.1. The summed E-state index contributed by atoms with van der Waals surface area (Å²) in [5.41, 5.74) is 4.75. The summed E-state index contributed by atoms with van der Waals surface area (Å²) < 4.78 is 12.4. The zero-order valence-electron chi connectivity index (χ0n) is 18.8. The quantitative estimate of drug-likeness (QED) is 0.310. The molecule has 166 valence electrons. The first-order chi connectivity index (χ1) is 16.7. The Balaban J connectivity index is 1.60. The Kier molecular flexibility index (Phi) is 4.92. The third-order valence-electron chi connectivity index (χ3n) is 6.39. The van der Waals surface area contributed by atoms with Crippen LogP contribution in [-0.2, 0) is 13.2 Å². The van der Waals surface area contributed by atoms with Crippen molar-refractivity contribution >= 4 is 16.5 Å². The lowest BCUT2D eigenvalue weighted by atomic mass is 9.95. The fourth-order valence-electron chi connectivity index (χ4n) is 4.85. The maximum absolute atomic E-state index is 13.5. The highest BCUT2D eigenvalue weighted by molar-refractivity contribution is 5.96. The van der Waals surface area contributed by atoms with Gasteiger partial charge in [0.2, 0.25) is 0 Å². The van der Waals surface area contributed by atoms with Crippen LogP contribution >= 0.6 is 0 Å². The first kappa shape index (κ1) is 20.3. The number of rotatable bonds is 4. The molecule has 0 fully saturated rings. The Morgan fingerprint density at radius 2 is 1.53 bits per heavy atom. The van der Waals surface area contributed by atoms with Gasteiger partial charge in [-0.1, -0.05) is 91.0 Å². The zero-order chi connectivity index (χ0) is 23.1. The van der Waals surface area contributed by atoms with Crippen molar-refractivity contribution in [2.24, 2.45) is 0 Å². The highest BCUT2D eigenvalue weighted by atomic mass is 16.5. The van der Waals surface area contributed by atoms with Crippen LogP contribution in [0.4, 0.5) is 5.69 Å². The van der Waals surface area contributed by atoms with Crippen LogP contribution in [0.15, 0.2) is 106 Å². The maximum atomic E-state index is 13.5. The van der Waals surface area contributed by atoms with Crippen molar-refractivity contribution in [1.29, 1.82) is 0 Å². The molecule has 0 saturated carbocycles. The smallest absolute Gasteiger partial charge is 0.346 e. The molecule has 4 nitrogen and oxygen atoms in total. The molecule has 0 unspecified atom stereocenters. The van der Waals surface area contributed by atoms with Gasteiger partial charge < -0.3 is 14.1 Å². The molecule has 1 aliphatic rings. The Labute approximate surface area is 197 Å². The highest BCUT2D eigenvalue weighted by Crippen LogP contribution is 2.46. The minimum absolute atomic E-state index is 0.328. The van der Waals surface area contributed by atoms with Crippen LogP contribution in [0, 0.1) is 0 Å². The van der Waals surface area contributed by atoms with Crippen LogP contribution in [0.2, 0.25) is 0 Å². The van der Waals surface area contributed by atoms with Crippen molar-refractivity contribution < 1.29 is 9.15 Å². The summed E-state index contributed by atoms with van der Waals surface area (Å²) >= 11 is 0. The lowest BCUT2D eigenvalue weighted by Gasteiger charge is -2.29. The standard InChI is InChI=1S/C30H23NO3/c1-31(18-20-10-4-2-5-11-20)27-25-19-33-28-23-15-9-8-12-21(23)16-17-24(28)29(25)34-30(32)26(27)22-13-6-3-7-14-22/h2-17H,18-19H2,1H3. The van der Waals surface area contributed by atoms with Gasteiger partial charge in [0.15, 0.2) is 5.76 Å². The van der Waals surface area contributed by atoms with Crippen molar-refractivity contribution in [2.45, 2.75) is 13.2 Å². The molecule has 1 aromatic heterocycles. The van der Waals surface area contributed by atoms with Crippen LogP contribution in [0.1, 0.15) is 11.1 Å². The minimum atomic E-state index is -0.346. The SMILES string of the molecule is CN(Cc1ccccc1)c1c2c(oc(=O)c1-c1ccccc1)-c1ccc3ccccc3c1OC2. The van der Waals surface area contributed by atoms with Crippen molar-refractivity contribution in [3.05, 3.63) is 119 Å². The molecule has 0 atom stereocenters. The average molecular weight is 446 g/mol. The summed E-state index contributed by atoms with van der Waals surface area (Å²) in [6.45, 7) is 0.982. The maximum Gasteiger partial charge on any atom is 0.346 e. The van der Waals surface area contributed by atoms with E-state index in [1.54, 1.807) is 0 Å². The van der Waals surface area contributed by atoms with Gasteiger partial charge in [-0.25, -0.2) is 4.79 Å². The second kappa shape index (κ2) is 8.23. The molecule has 0 aliphatic carbocycles. The fourth-order valence-corrected chi connectivity index (χ4v) is 4.85. The third-order valence-corrected chi connectivity index (χ3v) is 6.39. The van der Waals surface area contributed by atoms with Crippen LogP contribution < -0.4 is 15.3 Å². The minimum Gasteiger partial charge on any atom is -0.487 e. The van der Waals surface area contributed by atoms with Crippen molar-refractivity contribution in [2.75, 3.05) is 11.9 Å². The van der Waals surface area contributed by atoms with Gasteiger partial charge in [-0.3, -0.25) is 0 Å². The van der Waals surface area contributed by atoms with E-state index in [4.69, 9.17) is 9.15 Å². The molecule has 0 N–H and O–H groups in total. The predicted octanol–water partition coefficient (Wildman–Crippen LogP) is 6.66. The van der Waals surface area contributed by atoms with E-state index in [9.17, 15) is 4.79 Å². The van der Waals surface area contributed by atoms with E-state index in [0.29, 0.717) is 24.5 Å². The zero-order valence-corrected chi connectivity index (χ0v) is 18.8. The van der Waals surface area contributed by atoms with E-state index in [2.05, 4.69) is 23.1 Å². The van der Waals surface area contributed by atoms with Gasteiger partial charge in [0.1, 0.15) is 12.4 Å². The van der Waals surface area contributed by atoms with Gasteiger partial charge >= 0.3 is 5.63 Å². The van der Waals surface area contributed by atoms with E-state index in [1.165, 1.54) is 0 Å². The second-order valence-corrected chi connectivity index (χ2v) is 8.58. The largest absolute Gasteiger partial charge is 0.487 e. The number of anilines is 1. The Morgan fingerprint density at radius 1 is 0.824 bits per heavy atom. The van der Waals surface area contributed by atoms with Crippen molar-refractivity contribution in [1.82, 2.24) is 0 Å². The fraction of sp³-hybridized carbons (Fsp3) is 0.100. The number of fused-ring (bicyclic) bond motifs is 5. The number of ether oxygens (including phenoxy) is 1. The van der Waals surface area contributed by atoms with Crippen LogP contribution in [0.25, 0.3) is 33.2 Å². The second-order valence-electron chi connectivity index (χ2n) is 8.58. The van der Waals surface area contributed by atoms with Gasteiger partial charge in [-0.05, 0) is 22.6 Å². The monoisotopic (exact) mass is 445 g/mol. The molecule has 6 rings (SSSR count). The van der Waals surface area contributed by atoms with Crippen LogP contribution in [-0.4, -0.2) is 7.05 Å². The van der Waals surface area contributed by atoms with Gasteiger partial charge in [-0.2, -0.15) is 0 Å². The Morgan fingerprint density at radius 3 is 2.32 bits per heavy atom. The van der Waals surface area contributed by atoms with Gasteiger partial charge in [0.05, 0.1) is 22.4 Å². The average Bonchev–Trinajstić information content (AvgIpc) is 2.88. The summed E-state index contributed by atoms with van der Waals surface area (Å²) in [7, 11) is 2.02. The first-order valence-corrected chi connectivity index (χ1v) is 11.4. The van der Waals surface area contributed by atoms with Gasteiger partial charge in [-0.15, -0.1) is 0 Å². The number of nitrogens with zero attached hydrogens (tertiary/aromatic N) is 1. The molecule has 0 spiro atoms. The van der Waals surface area contributed by atoms with E-state index >= 15 is 0 Å². The molecule has 0 saturated heterocycles. The molecule has 4 heteroatoms. The molecule has 0 radical (unpaired) electrons. The topological polar surface area (TPSA) is 42.7 Å². The van der Waals surface area contributed by atoms with Crippen LogP contribution in [0.5, 0.6) is 5.75 Å². The molecular formula is C30H23NO3. The molecule has 0 amide bonds. The molecule has 5 aromatic rings. The summed E-state index contributed by atoms with van der Waals surface area (Å²) in [5.74, 6) is 1.35. The van der Waals surface area contributed by atoms with E-state index in [0.717, 1.165) is 44.5 Å². The van der Waals surface area contributed by atoms with Gasteiger partial charge in [0, 0.05) is 19.0 Å². The molecule has 2 heterocycles. The van der Waals surface area contributed by atoms with Crippen molar-refractivity contribution in [3.63, 3.8) is 0 Å². The predicted molar refractivity (Wildman–Crippen MR) is 136 cm³/mol. The van der Waals surface area contributed by atoms with Crippen molar-refractivity contribution in [3.8, 4) is 28.2 Å². The van der Waals surface area contributed by atoms with E-state index in [1.807, 2.05) is 85.9 Å². The molecular weight excluding hydrogens is 422 g/mol. The molecule has 0 bridgehead atoms. The number of hydrogen-bond donors (Lipinski definition) is 0. The third kappa shape index (κ3) is 3.35. The number of hydrogen-bond acceptors (Lipinski definition) is 4. The number of benzene rings is 4. The van der Waals surface area contributed by atoms with Crippen LogP contribution in [0.3, 0.4) is 0 Å². The van der Waals surface area contributed by atoms with Gasteiger partial charge in [0.25, 0.3) is 0 Å². The van der Waals surface area contributed by atoms with E-state index < -0.39 is 0 Å². The molecule has 1 aliphatic heterocycles. The summed E-state index contributed by atoms with van der Waals surface area (Å²) in [4.78, 5) is 15.6. The Hall–Kier alpha value is -4.31. The molecule has 4 aromatic carbocycles. The lowest BCUT2D eigenvalue weighted by Crippen LogP contribution is -2.24.